The molecule has 3 aromatic heterocycles. The summed E-state index contributed by atoms with van der Waals surface area (Å²) in [5.74, 6) is -0.230. The zero-order valence-corrected chi connectivity index (χ0v) is 15.6. The Morgan fingerprint density at radius 2 is 1.96 bits per heavy atom. The first-order valence-corrected chi connectivity index (χ1v) is 8.92. The standard InChI is InChI=1S/C13H15N7O3S2/c1-5-20-7-8(18(3)13(23)19(4)9(7)22)15-11(20)25-12-17-16-10(24-12)14-6(2)21/h5H2,1-4H3,(H,14,16,21). The van der Waals surface area contributed by atoms with E-state index in [-0.39, 0.29) is 5.91 Å². The van der Waals surface area contributed by atoms with Crippen molar-refractivity contribution < 1.29 is 4.79 Å². The molecule has 0 saturated heterocycles. The second kappa shape index (κ2) is 6.44. The molecule has 3 rings (SSSR count). The quantitative estimate of drug-likeness (QED) is 0.651. The number of imidazole rings is 1. The predicted octanol–water partition coefficient (Wildman–Crippen LogP) is 0.415. The number of aryl methyl sites for hydroxylation is 2. The third-order valence-electron chi connectivity index (χ3n) is 3.50. The summed E-state index contributed by atoms with van der Waals surface area (Å²) in [6.07, 6.45) is 0. The highest BCUT2D eigenvalue weighted by atomic mass is 32.2. The van der Waals surface area contributed by atoms with Crippen molar-refractivity contribution in [3.8, 4) is 0 Å². The lowest BCUT2D eigenvalue weighted by Crippen LogP contribution is -2.37. The molecule has 0 aliphatic heterocycles. The fourth-order valence-corrected chi connectivity index (χ4v) is 4.18. The van der Waals surface area contributed by atoms with Gasteiger partial charge >= 0.3 is 5.69 Å². The summed E-state index contributed by atoms with van der Waals surface area (Å²) in [6, 6.07) is 0. The van der Waals surface area contributed by atoms with Gasteiger partial charge in [0, 0.05) is 27.6 Å². The summed E-state index contributed by atoms with van der Waals surface area (Å²) in [6.45, 7) is 3.78. The normalized spacial score (nSPS) is 11.2. The smallest absolute Gasteiger partial charge is 0.313 e. The number of rotatable bonds is 4. The Labute approximate surface area is 149 Å². The SMILES string of the molecule is CCn1c(Sc2nnc(NC(C)=O)s2)nc2c1c(=O)n(C)c(=O)n2C. The average Bonchev–Trinajstić information content (AvgIpc) is 3.14. The molecule has 0 spiro atoms. The minimum Gasteiger partial charge on any atom is -0.313 e. The van der Waals surface area contributed by atoms with Crippen LogP contribution in [0.3, 0.4) is 0 Å². The molecule has 0 aliphatic rings. The minimum absolute atomic E-state index is 0.230. The van der Waals surface area contributed by atoms with E-state index >= 15 is 0 Å². The van der Waals surface area contributed by atoms with Crippen LogP contribution in [0.2, 0.25) is 0 Å². The number of amides is 1. The van der Waals surface area contributed by atoms with Gasteiger partial charge in [-0.15, -0.1) is 10.2 Å². The molecule has 0 atom stereocenters. The Balaban J connectivity index is 2.11. The Hall–Kier alpha value is -2.47. The van der Waals surface area contributed by atoms with Crippen LogP contribution in [0.4, 0.5) is 5.13 Å². The van der Waals surface area contributed by atoms with Gasteiger partial charge in [-0.2, -0.15) is 0 Å². The first-order chi connectivity index (χ1) is 11.8. The summed E-state index contributed by atoms with van der Waals surface area (Å²) in [5.41, 5.74) is -0.139. The monoisotopic (exact) mass is 381 g/mol. The van der Waals surface area contributed by atoms with Gasteiger partial charge in [-0.3, -0.25) is 18.7 Å². The number of fused-ring (bicyclic) bond motifs is 1. The zero-order chi connectivity index (χ0) is 18.3. The van der Waals surface area contributed by atoms with E-state index in [4.69, 9.17) is 0 Å². The van der Waals surface area contributed by atoms with Gasteiger partial charge < -0.3 is 9.88 Å². The van der Waals surface area contributed by atoms with Crippen molar-refractivity contribution in [2.75, 3.05) is 5.32 Å². The highest BCUT2D eigenvalue weighted by Gasteiger charge is 2.20. The molecular formula is C13H15N7O3S2. The van der Waals surface area contributed by atoms with E-state index in [1.54, 1.807) is 11.6 Å². The Morgan fingerprint density at radius 1 is 1.24 bits per heavy atom. The molecule has 1 N–H and O–H groups in total. The highest BCUT2D eigenvalue weighted by Crippen LogP contribution is 2.32. The molecule has 10 nitrogen and oxygen atoms in total. The molecule has 3 heterocycles. The molecular weight excluding hydrogens is 366 g/mol. The van der Waals surface area contributed by atoms with Crippen molar-refractivity contribution in [1.29, 1.82) is 0 Å². The van der Waals surface area contributed by atoms with Crippen LogP contribution in [0.15, 0.2) is 19.1 Å². The maximum Gasteiger partial charge on any atom is 0.332 e. The maximum atomic E-state index is 12.5. The molecule has 132 valence electrons. The second-order valence-corrected chi connectivity index (χ2v) is 7.36. The Kier molecular flexibility index (Phi) is 4.47. The van der Waals surface area contributed by atoms with E-state index in [0.717, 1.165) is 4.57 Å². The lowest BCUT2D eigenvalue weighted by Gasteiger charge is -2.05. The molecule has 1 amide bonds. The summed E-state index contributed by atoms with van der Waals surface area (Å²) in [7, 11) is 3.01. The van der Waals surface area contributed by atoms with Crippen molar-refractivity contribution >= 4 is 45.3 Å². The van der Waals surface area contributed by atoms with Gasteiger partial charge in [-0.05, 0) is 18.7 Å². The molecule has 25 heavy (non-hydrogen) atoms. The van der Waals surface area contributed by atoms with Gasteiger partial charge in [0.05, 0.1) is 0 Å². The summed E-state index contributed by atoms with van der Waals surface area (Å²) in [4.78, 5) is 40.1. The lowest BCUT2D eigenvalue weighted by atomic mass is 10.5. The van der Waals surface area contributed by atoms with E-state index in [1.807, 2.05) is 6.92 Å². The molecule has 12 heteroatoms. The van der Waals surface area contributed by atoms with Crippen LogP contribution in [0.1, 0.15) is 13.8 Å². The number of aromatic nitrogens is 6. The van der Waals surface area contributed by atoms with Crippen molar-refractivity contribution in [3.63, 3.8) is 0 Å². The van der Waals surface area contributed by atoms with Gasteiger partial charge in [0.1, 0.15) is 0 Å². The zero-order valence-electron chi connectivity index (χ0n) is 13.9. The van der Waals surface area contributed by atoms with Crippen LogP contribution in [0.25, 0.3) is 11.2 Å². The number of hydrogen-bond donors (Lipinski definition) is 1. The molecule has 3 aromatic rings. The maximum absolute atomic E-state index is 12.5. The van der Waals surface area contributed by atoms with Gasteiger partial charge in [-0.25, -0.2) is 9.78 Å². The first-order valence-electron chi connectivity index (χ1n) is 7.28. The summed E-state index contributed by atoms with van der Waals surface area (Å²) >= 11 is 2.43. The number of carbonyl (C=O) groups excluding carboxylic acids is 1. The van der Waals surface area contributed by atoms with E-state index in [2.05, 4.69) is 20.5 Å². The van der Waals surface area contributed by atoms with Gasteiger partial charge in [0.2, 0.25) is 11.0 Å². The second-order valence-electron chi connectivity index (χ2n) is 5.17. The summed E-state index contributed by atoms with van der Waals surface area (Å²) in [5, 5.41) is 11.4. The topological polar surface area (TPSA) is 117 Å². The molecule has 0 bridgehead atoms. The van der Waals surface area contributed by atoms with E-state index < -0.39 is 11.2 Å². The van der Waals surface area contributed by atoms with Crippen LogP contribution in [0.5, 0.6) is 0 Å². The number of nitrogens with zero attached hydrogens (tertiary/aromatic N) is 6. The highest BCUT2D eigenvalue weighted by molar-refractivity contribution is 8.01. The Morgan fingerprint density at radius 3 is 2.60 bits per heavy atom. The largest absolute Gasteiger partial charge is 0.332 e. The van der Waals surface area contributed by atoms with E-state index in [1.165, 1.54) is 41.6 Å². The average molecular weight is 381 g/mol. The molecule has 0 aromatic carbocycles. The summed E-state index contributed by atoms with van der Waals surface area (Å²) < 4.78 is 4.71. The Bertz CT molecular complexity index is 1090. The van der Waals surface area contributed by atoms with Crippen molar-refractivity contribution in [2.24, 2.45) is 14.1 Å². The van der Waals surface area contributed by atoms with Gasteiger partial charge in [-0.1, -0.05) is 11.3 Å². The molecule has 0 aliphatic carbocycles. The number of carbonyl (C=O) groups is 1. The van der Waals surface area contributed by atoms with E-state index in [0.29, 0.717) is 32.3 Å². The third-order valence-corrected chi connectivity index (χ3v) is 5.38. The predicted molar refractivity (Wildman–Crippen MR) is 94.2 cm³/mol. The lowest BCUT2D eigenvalue weighted by molar-refractivity contribution is -0.114. The van der Waals surface area contributed by atoms with Gasteiger partial charge in [0.15, 0.2) is 20.7 Å². The number of hydrogen-bond acceptors (Lipinski definition) is 8. The van der Waals surface area contributed by atoms with Crippen LogP contribution in [-0.2, 0) is 25.4 Å². The van der Waals surface area contributed by atoms with Crippen molar-refractivity contribution in [3.05, 3.63) is 20.8 Å². The molecule has 0 saturated carbocycles. The number of anilines is 1. The molecule has 0 radical (unpaired) electrons. The minimum atomic E-state index is -0.432. The van der Waals surface area contributed by atoms with Crippen LogP contribution in [-0.4, -0.2) is 34.8 Å². The van der Waals surface area contributed by atoms with Gasteiger partial charge in [0.25, 0.3) is 5.56 Å². The number of nitrogens with one attached hydrogen (secondary N) is 1. The van der Waals surface area contributed by atoms with Crippen molar-refractivity contribution in [1.82, 2.24) is 28.9 Å². The van der Waals surface area contributed by atoms with Crippen LogP contribution < -0.4 is 16.6 Å². The van der Waals surface area contributed by atoms with Crippen LogP contribution >= 0.6 is 23.1 Å². The first kappa shape index (κ1) is 17.4. The fourth-order valence-electron chi connectivity index (χ4n) is 2.33. The fraction of sp³-hybridized carbons (Fsp3) is 0.385. The third kappa shape index (κ3) is 2.98. The molecule has 0 fully saturated rings. The van der Waals surface area contributed by atoms with Crippen LogP contribution in [0, 0.1) is 0 Å². The molecule has 0 unspecified atom stereocenters. The van der Waals surface area contributed by atoms with Crippen molar-refractivity contribution in [2.45, 2.75) is 29.9 Å². The van der Waals surface area contributed by atoms with E-state index in [9.17, 15) is 14.4 Å².